The van der Waals surface area contributed by atoms with Crippen molar-refractivity contribution in [1.29, 1.82) is 0 Å². The summed E-state index contributed by atoms with van der Waals surface area (Å²) in [4.78, 5) is 15.5. The minimum absolute atomic E-state index is 0.198. The maximum absolute atomic E-state index is 11.5. The van der Waals surface area contributed by atoms with E-state index in [1.807, 2.05) is 12.1 Å². The maximum atomic E-state index is 11.5. The molecule has 170 valence electrons. The second-order valence-electron chi connectivity index (χ2n) is 9.44. The van der Waals surface area contributed by atoms with Crippen LogP contribution in [0, 0.1) is 23.2 Å². The summed E-state index contributed by atoms with van der Waals surface area (Å²) in [5, 5.41) is 0. The molecule has 2 aliphatic carbocycles. The molecule has 0 N–H and O–H groups in total. The van der Waals surface area contributed by atoms with E-state index in [0.717, 1.165) is 37.9 Å². The quantitative estimate of drug-likeness (QED) is 0.468. The zero-order chi connectivity index (χ0) is 21.8. The second kappa shape index (κ2) is 9.70. The summed E-state index contributed by atoms with van der Waals surface area (Å²) in [5.41, 5.74) is 1.56. The number of hydrogen-bond acceptors (Lipinski definition) is 6. The number of esters is 1. The Labute approximate surface area is 185 Å². The van der Waals surface area contributed by atoms with Crippen molar-refractivity contribution in [2.75, 3.05) is 20.3 Å². The minimum Gasteiger partial charge on any atom is -0.493 e. The molecule has 0 amide bonds. The van der Waals surface area contributed by atoms with Crippen molar-refractivity contribution in [1.82, 2.24) is 4.98 Å². The molecule has 5 unspecified atom stereocenters. The van der Waals surface area contributed by atoms with Crippen LogP contribution in [0.15, 0.2) is 36.7 Å². The molecule has 0 bridgehead atoms. The molecular formula is C25H35NO5. The lowest BCUT2D eigenvalue weighted by atomic mass is 9.50. The number of rotatable bonds is 7. The molecule has 1 aliphatic heterocycles. The minimum atomic E-state index is -0.298. The molecular weight excluding hydrogens is 394 g/mol. The Hall–Kier alpha value is -1.92. The van der Waals surface area contributed by atoms with Crippen molar-refractivity contribution < 1.29 is 23.7 Å². The highest BCUT2D eigenvalue weighted by Crippen LogP contribution is 2.58. The van der Waals surface area contributed by atoms with E-state index in [4.69, 9.17) is 18.9 Å². The van der Waals surface area contributed by atoms with E-state index in [0.29, 0.717) is 43.8 Å². The molecule has 6 nitrogen and oxygen atoms in total. The zero-order valence-electron chi connectivity index (χ0n) is 18.8. The summed E-state index contributed by atoms with van der Waals surface area (Å²) in [6.07, 6.45) is 9.68. The molecule has 0 spiro atoms. The molecule has 3 aliphatic rings. The lowest BCUT2D eigenvalue weighted by Crippen LogP contribution is -2.55. The number of allylic oxidation sites excluding steroid dienone is 1. The summed E-state index contributed by atoms with van der Waals surface area (Å²) in [7, 11) is 1.42. The van der Waals surface area contributed by atoms with Gasteiger partial charge in [-0.15, -0.1) is 0 Å². The fourth-order valence-electron chi connectivity index (χ4n) is 6.16. The first-order chi connectivity index (χ1) is 15.0. The van der Waals surface area contributed by atoms with Gasteiger partial charge in [-0.1, -0.05) is 19.1 Å². The van der Waals surface area contributed by atoms with Crippen LogP contribution in [0.4, 0.5) is 0 Å². The van der Waals surface area contributed by atoms with E-state index in [-0.39, 0.29) is 23.8 Å². The van der Waals surface area contributed by atoms with Crippen molar-refractivity contribution in [3.63, 3.8) is 0 Å². The first kappa shape index (κ1) is 22.3. The Bertz CT molecular complexity index is 768. The molecule has 1 saturated heterocycles. The van der Waals surface area contributed by atoms with Gasteiger partial charge in [-0.3, -0.25) is 9.78 Å². The highest BCUT2D eigenvalue weighted by Gasteiger charge is 2.54. The monoisotopic (exact) mass is 429 g/mol. The fourth-order valence-corrected chi connectivity index (χ4v) is 6.16. The lowest BCUT2D eigenvalue weighted by molar-refractivity contribution is -0.271. The highest BCUT2D eigenvalue weighted by molar-refractivity contribution is 5.69. The second-order valence-corrected chi connectivity index (χ2v) is 9.44. The van der Waals surface area contributed by atoms with E-state index in [1.165, 1.54) is 12.7 Å². The number of pyridine rings is 1. The number of nitrogens with zero attached hydrogens (tertiary/aromatic N) is 1. The van der Waals surface area contributed by atoms with Gasteiger partial charge in [0.2, 0.25) is 0 Å². The van der Waals surface area contributed by atoms with E-state index < -0.39 is 0 Å². The zero-order valence-corrected chi connectivity index (χ0v) is 18.8. The number of aromatic nitrogens is 1. The number of carbonyl (C=O) groups excluding carboxylic acids is 1. The average Bonchev–Trinajstić information content (AvgIpc) is 2.79. The molecule has 4 rings (SSSR count). The van der Waals surface area contributed by atoms with Gasteiger partial charge < -0.3 is 18.9 Å². The van der Waals surface area contributed by atoms with Crippen LogP contribution in [0.25, 0.3) is 0 Å². The third-order valence-corrected chi connectivity index (χ3v) is 7.81. The smallest absolute Gasteiger partial charge is 0.305 e. The van der Waals surface area contributed by atoms with Crippen LogP contribution in [0.1, 0.15) is 51.9 Å². The van der Waals surface area contributed by atoms with Crippen molar-refractivity contribution in [3.8, 4) is 5.75 Å². The third kappa shape index (κ3) is 4.80. The molecule has 0 aromatic carbocycles. The van der Waals surface area contributed by atoms with Crippen LogP contribution in [0.2, 0.25) is 0 Å². The van der Waals surface area contributed by atoms with E-state index in [1.54, 1.807) is 12.4 Å². The normalized spacial score (nSPS) is 35.0. The largest absolute Gasteiger partial charge is 0.493 e. The molecule has 2 heterocycles. The number of hydrogen-bond donors (Lipinski definition) is 0. The van der Waals surface area contributed by atoms with Gasteiger partial charge in [0.25, 0.3) is 0 Å². The number of methoxy groups -OCH3 is 1. The van der Waals surface area contributed by atoms with Gasteiger partial charge >= 0.3 is 5.97 Å². The first-order valence-corrected chi connectivity index (χ1v) is 11.6. The van der Waals surface area contributed by atoms with Crippen LogP contribution < -0.4 is 4.74 Å². The SMILES string of the molecule is C=C1CCC2C3CO[C@@H](CCC(=O)OC)OC3CCC2(C)C1CCOc1ccncc1. The summed E-state index contributed by atoms with van der Waals surface area (Å²) in [6.45, 7) is 8.29. The highest BCUT2D eigenvalue weighted by atomic mass is 16.7. The van der Waals surface area contributed by atoms with Gasteiger partial charge in [0.1, 0.15) is 5.75 Å². The summed E-state index contributed by atoms with van der Waals surface area (Å²) in [6, 6.07) is 3.80. The van der Waals surface area contributed by atoms with E-state index in [9.17, 15) is 4.79 Å². The van der Waals surface area contributed by atoms with Crippen LogP contribution in [0.3, 0.4) is 0 Å². The summed E-state index contributed by atoms with van der Waals surface area (Å²) >= 11 is 0. The Balaban J connectivity index is 1.37. The van der Waals surface area contributed by atoms with E-state index >= 15 is 0 Å². The van der Waals surface area contributed by atoms with Crippen molar-refractivity contribution in [2.45, 2.75) is 64.3 Å². The Morgan fingerprint density at radius 2 is 2.10 bits per heavy atom. The van der Waals surface area contributed by atoms with Crippen molar-refractivity contribution in [3.05, 3.63) is 36.7 Å². The molecule has 31 heavy (non-hydrogen) atoms. The first-order valence-electron chi connectivity index (χ1n) is 11.6. The molecule has 1 aromatic rings. The van der Waals surface area contributed by atoms with Crippen LogP contribution in [-0.4, -0.2) is 43.7 Å². The van der Waals surface area contributed by atoms with Crippen LogP contribution in [-0.2, 0) is 19.0 Å². The third-order valence-electron chi connectivity index (χ3n) is 7.81. The number of carbonyl (C=O) groups is 1. The predicted octanol–water partition coefficient (Wildman–Crippen LogP) is 4.54. The van der Waals surface area contributed by atoms with Gasteiger partial charge in [0.05, 0.1) is 32.8 Å². The molecule has 6 atom stereocenters. The average molecular weight is 430 g/mol. The van der Waals surface area contributed by atoms with Gasteiger partial charge in [-0.05, 0) is 61.5 Å². The van der Waals surface area contributed by atoms with Gasteiger partial charge in [-0.25, -0.2) is 0 Å². The molecule has 1 aromatic heterocycles. The number of ether oxygens (including phenoxy) is 4. The van der Waals surface area contributed by atoms with Crippen molar-refractivity contribution in [2.24, 2.45) is 23.2 Å². The van der Waals surface area contributed by atoms with E-state index in [2.05, 4.69) is 18.5 Å². The standard InChI is InChI=1S/C25H35NO5/c1-17-4-5-21-19-16-30-24(7-6-23(27)28-3)31-22(19)8-12-25(21,2)20(17)11-15-29-18-9-13-26-14-10-18/h9-10,13-14,19-22,24H,1,4-8,11-12,15-16H2,2-3H3/t19?,20?,21?,22?,24-,25?/m1/s1. The van der Waals surface area contributed by atoms with Crippen LogP contribution >= 0.6 is 0 Å². The summed E-state index contributed by atoms with van der Waals surface area (Å²) < 4.78 is 23.1. The maximum Gasteiger partial charge on any atom is 0.305 e. The lowest BCUT2D eigenvalue weighted by Gasteiger charge is -2.58. The Kier molecular flexibility index (Phi) is 6.97. The predicted molar refractivity (Wildman–Crippen MR) is 116 cm³/mol. The molecule has 2 saturated carbocycles. The molecule has 0 radical (unpaired) electrons. The number of fused-ring (bicyclic) bond motifs is 3. The van der Waals surface area contributed by atoms with Crippen molar-refractivity contribution >= 4 is 5.97 Å². The summed E-state index contributed by atoms with van der Waals surface area (Å²) in [5.74, 6) is 2.07. The van der Waals surface area contributed by atoms with Crippen LogP contribution in [0.5, 0.6) is 5.75 Å². The topological polar surface area (TPSA) is 66.9 Å². The fraction of sp³-hybridized carbons (Fsp3) is 0.680. The Morgan fingerprint density at radius 3 is 2.87 bits per heavy atom. The Morgan fingerprint density at radius 1 is 1.29 bits per heavy atom. The van der Waals surface area contributed by atoms with Gasteiger partial charge in [0, 0.05) is 24.7 Å². The van der Waals surface area contributed by atoms with Gasteiger partial charge in [0.15, 0.2) is 6.29 Å². The molecule has 3 fully saturated rings. The van der Waals surface area contributed by atoms with Gasteiger partial charge in [-0.2, -0.15) is 0 Å². The molecule has 6 heteroatoms.